The molecule has 6 nitrogen and oxygen atoms in total. The summed E-state index contributed by atoms with van der Waals surface area (Å²) in [5, 5.41) is 18.4. The first-order valence-corrected chi connectivity index (χ1v) is 5.54. The first-order valence-electron chi connectivity index (χ1n) is 5.54. The second kappa shape index (κ2) is 4.61. The number of hydrogen-bond acceptors (Lipinski definition) is 4. The average Bonchev–Trinajstić information content (AvgIpc) is 2.84. The summed E-state index contributed by atoms with van der Waals surface area (Å²) < 4.78 is 0. The highest BCUT2D eigenvalue weighted by Crippen LogP contribution is 2.27. The van der Waals surface area contributed by atoms with Gasteiger partial charge in [-0.05, 0) is 12.8 Å². The molecule has 1 amide bonds. The van der Waals surface area contributed by atoms with Crippen LogP contribution in [0.15, 0.2) is 6.33 Å². The summed E-state index contributed by atoms with van der Waals surface area (Å²) >= 11 is 0. The van der Waals surface area contributed by atoms with Gasteiger partial charge in [-0.3, -0.25) is 9.89 Å². The summed E-state index contributed by atoms with van der Waals surface area (Å²) in [5.41, 5.74) is -0.470. The molecule has 0 spiro atoms. The van der Waals surface area contributed by atoms with Gasteiger partial charge in [-0.25, -0.2) is 4.98 Å². The maximum absolute atomic E-state index is 11.8. The number of carbonyl (C=O) groups excluding carboxylic acids is 1. The number of rotatable bonds is 3. The molecular weight excluding hydrogens is 208 g/mol. The van der Waals surface area contributed by atoms with E-state index in [1.807, 2.05) is 0 Å². The Morgan fingerprint density at radius 2 is 2.25 bits per heavy atom. The van der Waals surface area contributed by atoms with Crippen molar-refractivity contribution in [1.29, 1.82) is 0 Å². The molecule has 88 valence electrons. The highest BCUT2D eigenvalue weighted by Gasteiger charge is 2.33. The number of aromatic amines is 1. The minimum atomic E-state index is -0.470. The molecule has 1 aromatic rings. The molecule has 2 rings (SSSR count). The van der Waals surface area contributed by atoms with E-state index in [1.165, 1.54) is 12.7 Å². The lowest BCUT2D eigenvalue weighted by Crippen LogP contribution is -2.52. The lowest BCUT2D eigenvalue weighted by atomic mass is 9.82. The zero-order valence-electron chi connectivity index (χ0n) is 9.07. The monoisotopic (exact) mass is 224 g/mol. The van der Waals surface area contributed by atoms with Crippen LogP contribution < -0.4 is 5.32 Å². The summed E-state index contributed by atoms with van der Waals surface area (Å²) in [7, 11) is 0. The fourth-order valence-electron chi connectivity index (χ4n) is 2.17. The van der Waals surface area contributed by atoms with E-state index in [2.05, 4.69) is 20.5 Å². The molecule has 16 heavy (non-hydrogen) atoms. The fourth-order valence-corrected chi connectivity index (χ4v) is 2.17. The molecule has 0 aliphatic heterocycles. The molecule has 1 heterocycles. The lowest BCUT2D eigenvalue weighted by Gasteiger charge is -2.36. The van der Waals surface area contributed by atoms with Crippen molar-refractivity contribution in [2.75, 3.05) is 6.61 Å². The minimum absolute atomic E-state index is 0.0210. The van der Waals surface area contributed by atoms with Gasteiger partial charge in [-0.15, -0.1) is 0 Å². The number of aliphatic hydroxyl groups excluding tert-OH is 1. The summed E-state index contributed by atoms with van der Waals surface area (Å²) in [5.74, 6) is -0.105. The van der Waals surface area contributed by atoms with Gasteiger partial charge in [0.25, 0.3) is 5.91 Å². The van der Waals surface area contributed by atoms with Crippen LogP contribution in [0.3, 0.4) is 0 Å². The molecule has 6 heteroatoms. The summed E-state index contributed by atoms with van der Waals surface area (Å²) in [6.45, 7) is -0.0210. The molecule has 0 saturated heterocycles. The Morgan fingerprint density at radius 3 is 2.81 bits per heavy atom. The van der Waals surface area contributed by atoms with Crippen molar-refractivity contribution in [3.05, 3.63) is 12.2 Å². The van der Waals surface area contributed by atoms with E-state index in [-0.39, 0.29) is 18.3 Å². The van der Waals surface area contributed by atoms with Gasteiger partial charge in [-0.2, -0.15) is 5.10 Å². The molecular formula is C10H16N4O2. The smallest absolute Gasteiger partial charge is 0.289 e. The zero-order chi connectivity index (χ0) is 11.4. The van der Waals surface area contributed by atoms with Gasteiger partial charge >= 0.3 is 0 Å². The third kappa shape index (κ3) is 2.21. The normalized spacial score (nSPS) is 19.3. The Balaban J connectivity index is 2.03. The second-order valence-electron chi connectivity index (χ2n) is 4.29. The third-order valence-electron chi connectivity index (χ3n) is 3.12. The van der Waals surface area contributed by atoms with Crippen molar-refractivity contribution >= 4 is 5.91 Å². The van der Waals surface area contributed by atoms with E-state index in [1.54, 1.807) is 0 Å². The van der Waals surface area contributed by atoms with Crippen LogP contribution in [0, 0.1) is 0 Å². The van der Waals surface area contributed by atoms with Crippen molar-refractivity contribution < 1.29 is 9.90 Å². The van der Waals surface area contributed by atoms with Gasteiger partial charge in [0.2, 0.25) is 5.82 Å². The summed E-state index contributed by atoms with van der Waals surface area (Å²) in [6.07, 6.45) is 6.18. The number of nitrogens with zero attached hydrogens (tertiary/aromatic N) is 2. The van der Waals surface area contributed by atoms with E-state index in [4.69, 9.17) is 0 Å². The summed E-state index contributed by atoms with van der Waals surface area (Å²) in [4.78, 5) is 15.6. The Bertz CT molecular complexity index is 344. The van der Waals surface area contributed by atoms with Crippen LogP contribution >= 0.6 is 0 Å². The van der Waals surface area contributed by atoms with Gasteiger partial charge in [-0.1, -0.05) is 19.3 Å². The standard InChI is InChI=1S/C10H16N4O2/c15-6-10(4-2-1-3-5-10)13-9(16)8-11-7-12-14-8/h7,15H,1-6H2,(H,13,16)(H,11,12,14). The zero-order valence-corrected chi connectivity index (χ0v) is 9.07. The molecule has 0 unspecified atom stereocenters. The predicted molar refractivity (Wildman–Crippen MR) is 56.8 cm³/mol. The minimum Gasteiger partial charge on any atom is -0.394 e. The number of H-pyrrole nitrogens is 1. The molecule has 0 radical (unpaired) electrons. The van der Waals surface area contributed by atoms with Crippen molar-refractivity contribution in [3.8, 4) is 0 Å². The Hall–Kier alpha value is -1.43. The highest BCUT2D eigenvalue weighted by atomic mass is 16.3. The second-order valence-corrected chi connectivity index (χ2v) is 4.29. The molecule has 1 aliphatic rings. The molecule has 1 fully saturated rings. The first kappa shape index (κ1) is 11.1. The van der Waals surface area contributed by atoms with E-state index in [9.17, 15) is 9.90 Å². The molecule has 1 saturated carbocycles. The first-order chi connectivity index (χ1) is 7.76. The maximum Gasteiger partial charge on any atom is 0.289 e. The Kier molecular flexibility index (Phi) is 3.19. The third-order valence-corrected chi connectivity index (χ3v) is 3.12. The van der Waals surface area contributed by atoms with Crippen LogP contribution in [0.5, 0.6) is 0 Å². The van der Waals surface area contributed by atoms with E-state index in [0.717, 1.165) is 25.7 Å². The van der Waals surface area contributed by atoms with Crippen LogP contribution in [0.4, 0.5) is 0 Å². The van der Waals surface area contributed by atoms with Crippen molar-refractivity contribution in [1.82, 2.24) is 20.5 Å². The number of aliphatic hydroxyl groups is 1. The van der Waals surface area contributed by atoms with Gasteiger partial charge < -0.3 is 10.4 Å². The van der Waals surface area contributed by atoms with Crippen molar-refractivity contribution in [2.24, 2.45) is 0 Å². The lowest BCUT2D eigenvalue weighted by molar-refractivity contribution is 0.0749. The number of hydrogen-bond donors (Lipinski definition) is 3. The number of nitrogens with one attached hydrogen (secondary N) is 2. The maximum atomic E-state index is 11.8. The predicted octanol–water partition coefficient (Wildman–Crippen LogP) is 0.230. The largest absolute Gasteiger partial charge is 0.394 e. The van der Waals surface area contributed by atoms with Crippen LogP contribution in [0.2, 0.25) is 0 Å². The molecule has 1 aromatic heterocycles. The van der Waals surface area contributed by atoms with E-state index in [0.29, 0.717) is 0 Å². The quantitative estimate of drug-likeness (QED) is 0.685. The van der Waals surface area contributed by atoms with Crippen LogP contribution in [0.25, 0.3) is 0 Å². The van der Waals surface area contributed by atoms with Gasteiger partial charge in [0.05, 0.1) is 12.1 Å². The highest BCUT2D eigenvalue weighted by molar-refractivity contribution is 5.90. The van der Waals surface area contributed by atoms with E-state index >= 15 is 0 Å². The molecule has 0 bridgehead atoms. The molecule has 1 aliphatic carbocycles. The Labute approximate surface area is 93.5 Å². The van der Waals surface area contributed by atoms with Gasteiger partial charge in [0.1, 0.15) is 6.33 Å². The molecule has 0 atom stereocenters. The topological polar surface area (TPSA) is 90.9 Å². The van der Waals surface area contributed by atoms with Crippen LogP contribution in [-0.4, -0.2) is 38.3 Å². The van der Waals surface area contributed by atoms with Crippen LogP contribution in [0.1, 0.15) is 42.7 Å². The van der Waals surface area contributed by atoms with Crippen LogP contribution in [-0.2, 0) is 0 Å². The summed E-state index contributed by atoms with van der Waals surface area (Å²) in [6, 6.07) is 0. The number of amides is 1. The Morgan fingerprint density at radius 1 is 1.50 bits per heavy atom. The fraction of sp³-hybridized carbons (Fsp3) is 0.700. The van der Waals surface area contributed by atoms with Gasteiger partial charge in [0, 0.05) is 0 Å². The number of aromatic nitrogens is 3. The van der Waals surface area contributed by atoms with Crippen molar-refractivity contribution in [2.45, 2.75) is 37.6 Å². The van der Waals surface area contributed by atoms with Crippen molar-refractivity contribution in [3.63, 3.8) is 0 Å². The average molecular weight is 224 g/mol. The molecule has 0 aromatic carbocycles. The van der Waals surface area contributed by atoms with Gasteiger partial charge in [0.15, 0.2) is 0 Å². The van der Waals surface area contributed by atoms with E-state index < -0.39 is 5.54 Å². The number of carbonyl (C=O) groups is 1. The molecule has 3 N–H and O–H groups in total. The SMILES string of the molecule is O=C(NC1(CO)CCCCC1)c1ncn[nH]1.